The van der Waals surface area contributed by atoms with Crippen LogP contribution >= 0.6 is 0 Å². The molecule has 1 aromatic heterocycles. The van der Waals surface area contributed by atoms with Gasteiger partial charge in [0.15, 0.2) is 0 Å². The maximum absolute atomic E-state index is 8.86. The lowest BCUT2D eigenvalue weighted by Gasteiger charge is -2.20. The van der Waals surface area contributed by atoms with E-state index in [-0.39, 0.29) is 5.92 Å². The molecular formula is C14H24N4. The van der Waals surface area contributed by atoms with Gasteiger partial charge in [-0.15, -0.1) is 0 Å². The van der Waals surface area contributed by atoms with E-state index in [1.165, 1.54) is 0 Å². The summed E-state index contributed by atoms with van der Waals surface area (Å²) in [7, 11) is 0. The van der Waals surface area contributed by atoms with Crippen LogP contribution in [-0.2, 0) is 6.54 Å². The standard InChI is InChI=1S/C14H24N4/c1-5-13(4)18-8-7-14(16-18)11-17(6-2)10-12(3)9-15/h7-8,12-13H,5-6,10-11H2,1-4H3. The Bertz CT molecular complexity index is 391. The van der Waals surface area contributed by atoms with E-state index >= 15 is 0 Å². The molecule has 4 nitrogen and oxygen atoms in total. The Hall–Kier alpha value is -1.34. The summed E-state index contributed by atoms with van der Waals surface area (Å²) < 4.78 is 2.02. The van der Waals surface area contributed by atoms with Crippen LogP contribution < -0.4 is 0 Å². The quantitative estimate of drug-likeness (QED) is 0.745. The molecule has 1 aromatic rings. The molecule has 18 heavy (non-hydrogen) atoms. The van der Waals surface area contributed by atoms with Gasteiger partial charge in [-0.25, -0.2) is 0 Å². The molecule has 2 atom stereocenters. The second-order valence-corrected chi connectivity index (χ2v) is 4.90. The number of nitrogens with zero attached hydrogens (tertiary/aromatic N) is 4. The van der Waals surface area contributed by atoms with Crippen molar-refractivity contribution in [2.45, 2.75) is 46.7 Å². The molecule has 100 valence electrons. The van der Waals surface area contributed by atoms with E-state index in [2.05, 4.69) is 42.9 Å². The molecule has 4 heteroatoms. The van der Waals surface area contributed by atoms with E-state index < -0.39 is 0 Å². The normalized spacial score (nSPS) is 14.4. The van der Waals surface area contributed by atoms with Crippen LogP contribution in [0.25, 0.3) is 0 Å². The Morgan fingerprint density at radius 1 is 1.44 bits per heavy atom. The summed E-state index contributed by atoms with van der Waals surface area (Å²) in [5, 5.41) is 13.5. The summed E-state index contributed by atoms with van der Waals surface area (Å²) in [6.45, 7) is 11.0. The summed E-state index contributed by atoms with van der Waals surface area (Å²) in [5.41, 5.74) is 1.09. The van der Waals surface area contributed by atoms with Gasteiger partial charge in [-0.3, -0.25) is 9.58 Å². The minimum absolute atomic E-state index is 0.0709. The summed E-state index contributed by atoms with van der Waals surface area (Å²) >= 11 is 0. The Labute approximate surface area is 110 Å². The Morgan fingerprint density at radius 3 is 2.72 bits per heavy atom. The molecule has 0 amide bonds. The molecule has 1 heterocycles. The highest BCUT2D eigenvalue weighted by molar-refractivity contribution is 5.00. The molecule has 0 saturated carbocycles. The van der Waals surface area contributed by atoms with E-state index in [0.29, 0.717) is 6.04 Å². The molecule has 0 fully saturated rings. The van der Waals surface area contributed by atoms with Crippen LogP contribution in [0.15, 0.2) is 12.3 Å². The van der Waals surface area contributed by atoms with Crippen LogP contribution in [0.2, 0.25) is 0 Å². The molecule has 2 unspecified atom stereocenters. The zero-order valence-corrected chi connectivity index (χ0v) is 11.9. The van der Waals surface area contributed by atoms with Gasteiger partial charge in [0.1, 0.15) is 0 Å². The molecular weight excluding hydrogens is 224 g/mol. The second kappa shape index (κ2) is 7.17. The molecule has 0 N–H and O–H groups in total. The summed E-state index contributed by atoms with van der Waals surface area (Å²) in [6.07, 6.45) is 3.13. The van der Waals surface area contributed by atoms with Gasteiger partial charge in [-0.2, -0.15) is 10.4 Å². The maximum atomic E-state index is 8.86. The fraction of sp³-hybridized carbons (Fsp3) is 0.714. The lowest BCUT2D eigenvalue weighted by Crippen LogP contribution is -2.27. The molecule has 0 saturated heterocycles. The van der Waals surface area contributed by atoms with Crippen LogP contribution in [0, 0.1) is 17.2 Å². The third kappa shape index (κ3) is 4.15. The number of aromatic nitrogens is 2. The lowest BCUT2D eigenvalue weighted by atomic mass is 10.2. The Kier molecular flexibility index (Phi) is 5.87. The number of nitriles is 1. The van der Waals surface area contributed by atoms with Gasteiger partial charge in [-0.1, -0.05) is 13.8 Å². The molecule has 0 spiro atoms. The Balaban J connectivity index is 2.60. The van der Waals surface area contributed by atoms with Crippen molar-refractivity contribution in [3.8, 4) is 6.07 Å². The van der Waals surface area contributed by atoms with Crippen molar-refractivity contribution in [1.82, 2.24) is 14.7 Å². The number of hydrogen-bond donors (Lipinski definition) is 0. The molecule has 0 aliphatic heterocycles. The largest absolute Gasteiger partial charge is 0.296 e. The van der Waals surface area contributed by atoms with E-state index in [1.807, 2.05) is 17.8 Å². The molecule has 0 bridgehead atoms. The minimum Gasteiger partial charge on any atom is -0.296 e. The smallest absolute Gasteiger partial charge is 0.0764 e. The fourth-order valence-electron chi connectivity index (χ4n) is 1.86. The molecule has 0 aliphatic carbocycles. The van der Waals surface area contributed by atoms with Crippen molar-refractivity contribution in [2.24, 2.45) is 5.92 Å². The number of rotatable bonds is 7. The van der Waals surface area contributed by atoms with Crippen molar-refractivity contribution in [2.75, 3.05) is 13.1 Å². The highest BCUT2D eigenvalue weighted by Gasteiger charge is 2.11. The monoisotopic (exact) mass is 248 g/mol. The first-order valence-corrected chi connectivity index (χ1v) is 6.76. The first-order valence-electron chi connectivity index (χ1n) is 6.76. The summed E-state index contributed by atoms with van der Waals surface area (Å²) in [6, 6.07) is 4.81. The van der Waals surface area contributed by atoms with Gasteiger partial charge in [0.05, 0.1) is 17.7 Å². The zero-order valence-electron chi connectivity index (χ0n) is 11.9. The van der Waals surface area contributed by atoms with E-state index in [4.69, 9.17) is 5.26 Å². The first kappa shape index (κ1) is 14.7. The number of hydrogen-bond acceptors (Lipinski definition) is 3. The van der Waals surface area contributed by atoms with E-state index in [9.17, 15) is 0 Å². The highest BCUT2D eigenvalue weighted by Crippen LogP contribution is 2.11. The summed E-state index contributed by atoms with van der Waals surface area (Å²) in [4.78, 5) is 2.26. The molecule has 0 aromatic carbocycles. The summed E-state index contributed by atoms with van der Waals surface area (Å²) in [5.74, 6) is 0.0709. The van der Waals surface area contributed by atoms with Crippen molar-refractivity contribution >= 4 is 0 Å². The van der Waals surface area contributed by atoms with Gasteiger partial charge < -0.3 is 0 Å². The van der Waals surface area contributed by atoms with Crippen molar-refractivity contribution in [3.63, 3.8) is 0 Å². The van der Waals surface area contributed by atoms with Crippen LogP contribution in [0.3, 0.4) is 0 Å². The first-order chi connectivity index (χ1) is 8.60. The predicted molar refractivity (Wildman–Crippen MR) is 73.0 cm³/mol. The second-order valence-electron chi connectivity index (χ2n) is 4.90. The topological polar surface area (TPSA) is 44.9 Å². The van der Waals surface area contributed by atoms with Gasteiger partial charge in [-0.05, 0) is 32.9 Å². The van der Waals surface area contributed by atoms with Crippen LogP contribution in [0.1, 0.15) is 45.9 Å². The van der Waals surface area contributed by atoms with E-state index in [0.717, 1.165) is 31.7 Å². The average Bonchev–Trinajstić information content (AvgIpc) is 2.85. The zero-order chi connectivity index (χ0) is 13.5. The van der Waals surface area contributed by atoms with Crippen LogP contribution in [0.4, 0.5) is 0 Å². The predicted octanol–water partition coefficient (Wildman–Crippen LogP) is 2.84. The molecule has 0 aliphatic rings. The highest BCUT2D eigenvalue weighted by atomic mass is 15.3. The SMILES string of the molecule is CCC(C)n1ccc(CN(CC)CC(C)C#N)n1. The molecule has 1 rings (SSSR count). The van der Waals surface area contributed by atoms with Crippen LogP contribution in [-0.4, -0.2) is 27.8 Å². The fourth-order valence-corrected chi connectivity index (χ4v) is 1.86. The van der Waals surface area contributed by atoms with Crippen molar-refractivity contribution in [3.05, 3.63) is 18.0 Å². The van der Waals surface area contributed by atoms with Crippen LogP contribution in [0.5, 0.6) is 0 Å². The third-order valence-electron chi connectivity index (χ3n) is 3.29. The maximum Gasteiger partial charge on any atom is 0.0764 e. The molecule has 0 radical (unpaired) electrons. The van der Waals surface area contributed by atoms with Crippen molar-refractivity contribution < 1.29 is 0 Å². The van der Waals surface area contributed by atoms with Crippen molar-refractivity contribution in [1.29, 1.82) is 5.26 Å². The van der Waals surface area contributed by atoms with Gasteiger partial charge in [0, 0.05) is 25.3 Å². The minimum atomic E-state index is 0.0709. The Morgan fingerprint density at radius 2 is 2.17 bits per heavy atom. The van der Waals surface area contributed by atoms with Gasteiger partial charge >= 0.3 is 0 Å². The van der Waals surface area contributed by atoms with Gasteiger partial charge in [0.25, 0.3) is 0 Å². The average molecular weight is 248 g/mol. The van der Waals surface area contributed by atoms with Gasteiger partial charge in [0.2, 0.25) is 0 Å². The van der Waals surface area contributed by atoms with E-state index in [1.54, 1.807) is 0 Å². The lowest BCUT2D eigenvalue weighted by molar-refractivity contribution is 0.256. The third-order valence-corrected chi connectivity index (χ3v) is 3.29.